The Balaban J connectivity index is 2.12. The third-order valence-corrected chi connectivity index (χ3v) is 4.01. The SMILES string of the molecule is CCCN(c1ncc(CCl)c2ccccc12)C1CC1. The molecule has 19 heavy (non-hydrogen) atoms. The van der Waals surface area contributed by atoms with Gasteiger partial charge in [0.25, 0.3) is 0 Å². The van der Waals surface area contributed by atoms with Crippen molar-refractivity contribution in [2.75, 3.05) is 11.4 Å². The summed E-state index contributed by atoms with van der Waals surface area (Å²) in [5.74, 6) is 1.65. The highest BCUT2D eigenvalue weighted by molar-refractivity contribution is 6.18. The lowest BCUT2D eigenvalue weighted by atomic mass is 10.1. The number of nitrogens with zero attached hydrogens (tertiary/aromatic N) is 2. The standard InChI is InChI=1S/C16H19ClN2/c1-2-9-19(13-7-8-13)16-15-6-4-3-5-14(15)12(10-17)11-18-16/h3-6,11,13H,2,7-10H2,1H3. The first-order valence-corrected chi connectivity index (χ1v) is 7.57. The molecular formula is C16H19ClN2. The molecule has 0 radical (unpaired) electrons. The van der Waals surface area contributed by atoms with Gasteiger partial charge in [-0.15, -0.1) is 11.6 Å². The summed E-state index contributed by atoms with van der Waals surface area (Å²) in [5, 5.41) is 2.48. The number of benzene rings is 1. The first-order valence-electron chi connectivity index (χ1n) is 7.04. The lowest BCUT2D eigenvalue weighted by molar-refractivity contribution is 0.754. The lowest BCUT2D eigenvalue weighted by Gasteiger charge is -2.24. The van der Waals surface area contributed by atoms with Crippen LogP contribution in [0.25, 0.3) is 10.8 Å². The largest absolute Gasteiger partial charge is 0.353 e. The van der Waals surface area contributed by atoms with Gasteiger partial charge in [-0.1, -0.05) is 31.2 Å². The zero-order valence-corrected chi connectivity index (χ0v) is 12.0. The van der Waals surface area contributed by atoms with Crippen LogP contribution in [0.1, 0.15) is 31.7 Å². The highest BCUT2D eigenvalue weighted by atomic mass is 35.5. The second-order valence-electron chi connectivity index (χ2n) is 5.21. The molecule has 0 bridgehead atoms. The van der Waals surface area contributed by atoms with Gasteiger partial charge in [-0.2, -0.15) is 0 Å². The number of hydrogen-bond acceptors (Lipinski definition) is 2. The van der Waals surface area contributed by atoms with Crippen LogP contribution >= 0.6 is 11.6 Å². The first kappa shape index (κ1) is 12.7. The van der Waals surface area contributed by atoms with Gasteiger partial charge in [0.15, 0.2) is 0 Å². The van der Waals surface area contributed by atoms with Gasteiger partial charge in [-0.25, -0.2) is 4.98 Å². The summed E-state index contributed by atoms with van der Waals surface area (Å²) < 4.78 is 0. The fourth-order valence-electron chi connectivity index (χ4n) is 2.66. The quantitative estimate of drug-likeness (QED) is 0.754. The second-order valence-corrected chi connectivity index (χ2v) is 5.48. The molecule has 1 fully saturated rings. The second kappa shape index (κ2) is 5.38. The van der Waals surface area contributed by atoms with Gasteiger partial charge < -0.3 is 4.90 Å². The van der Waals surface area contributed by atoms with E-state index in [0.29, 0.717) is 11.9 Å². The van der Waals surface area contributed by atoms with Crippen molar-refractivity contribution in [1.82, 2.24) is 4.98 Å². The zero-order valence-electron chi connectivity index (χ0n) is 11.3. The minimum Gasteiger partial charge on any atom is -0.353 e. The predicted octanol–water partition coefficient (Wildman–Crippen LogP) is 4.35. The van der Waals surface area contributed by atoms with Crippen LogP contribution in [0.2, 0.25) is 0 Å². The fourth-order valence-corrected chi connectivity index (χ4v) is 2.87. The van der Waals surface area contributed by atoms with Crippen LogP contribution in [-0.4, -0.2) is 17.6 Å². The molecule has 0 spiro atoms. The molecule has 0 saturated heterocycles. The zero-order chi connectivity index (χ0) is 13.2. The summed E-state index contributed by atoms with van der Waals surface area (Å²) in [7, 11) is 0. The fraction of sp³-hybridized carbons (Fsp3) is 0.438. The lowest BCUT2D eigenvalue weighted by Crippen LogP contribution is -2.27. The summed E-state index contributed by atoms with van der Waals surface area (Å²) in [5.41, 5.74) is 1.12. The van der Waals surface area contributed by atoms with Gasteiger partial charge in [0.05, 0.1) is 0 Å². The van der Waals surface area contributed by atoms with Crippen LogP contribution < -0.4 is 4.90 Å². The van der Waals surface area contributed by atoms with Crippen molar-refractivity contribution in [2.24, 2.45) is 0 Å². The van der Waals surface area contributed by atoms with Crippen LogP contribution in [-0.2, 0) is 5.88 Å². The Morgan fingerprint density at radius 1 is 1.26 bits per heavy atom. The molecule has 0 atom stereocenters. The van der Waals surface area contributed by atoms with Crippen molar-refractivity contribution in [2.45, 2.75) is 38.1 Å². The number of hydrogen-bond donors (Lipinski definition) is 0. The van der Waals surface area contributed by atoms with Gasteiger partial charge >= 0.3 is 0 Å². The van der Waals surface area contributed by atoms with E-state index in [0.717, 1.165) is 24.3 Å². The van der Waals surface area contributed by atoms with Crippen molar-refractivity contribution in [3.63, 3.8) is 0 Å². The molecule has 0 unspecified atom stereocenters. The number of rotatable bonds is 5. The number of halogens is 1. The monoisotopic (exact) mass is 274 g/mol. The third kappa shape index (κ3) is 2.42. The van der Waals surface area contributed by atoms with Gasteiger partial charge in [0.1, 0.15) is 5.82 Å². The van der Waals surface area contributed by atoms with E-state index >= 15 is 0 Å². The summed E-state index contributed by atoms with van der Waals surface area (Å²) in [6.45, 7) is 3.31. The highest BCUT2D eigenvalue weighted by Crippen LogP contribution is 2.35. The molecule has 1 aromatic heterocycles. The summed E-state index contributed by atoms with van der Waals surface area (Å²) in [4.78, 5) is 7.17. The maximum absolute atomic E-state index is 6.02. The number of pyridine rings is 1. The van der Waals surface area contributed by atoms with Crippen LogP contribution in [0.5, 0.6) is 0 Å². The Bertz CT molecular complexity index is 578. The predicted molar refractivity (Wildman–Crippen MR) is 82.0 cm³/mol. The highest BCUT2D eigenvalue weighted by Gasteiger charge is 2.30. The van der Waals surface area contributed by atoms with Gasteiger partial charge in [-0.3, -0.25) is 0 Å². The minimum absolute atomic E-state index is 0.519. The van der Waals surface area contributed by atoms with Gasteiger partial charge in [-0.05, 0) is 30.2 Å². The number of alkyl halides is 1. The van der Waals surface area contributed by atoms with Gasteiger partial charge in [0.2, 0.25) is 0 Å². The molecule has 1 heterocycles. The molecule has 3 rings (SSSR count). The maximum Gasteiger partial charge on any atom is 0.136 e. The Hall–Kier alpha value is -1.28. The van der Waals surface area contributed by atoms with Crippen LogP contribution in [0.4, 0.5) is 5.82 Å². The molecule has 0 aliphatic heterocycles. The van der Waals surface area contributed by atoms with Crippen molar-refractivity contribution in [1.29, 1.82) is 0 Å². The summed E-state index contributed by atoms with van der Waals surface area (Å²) in [6, 6.07) is 9.16. The van der Waals surface area contributed by atoms with Crippen molar-refractivity contribution >= 4 is 28.2 Å². The molecule has 100 valence electrons. The smallest absolute Gasteiger partial charge is 0.136 e. The average molecular weight is 275 g/mol. The van der Waals surface area contributed by atoms with E-state index in [-0.39, 0.29) is 0 Å². The van der Waals surface area contributed by atoms with Crippen molar-refractivity contribution < 1.29 is 0 Å². The molecule has 3 heteroatoms. The average Bonchev–Trinajstić information content (AvgIpc) is 3.28. The van der Waals surface area contributed by atoms with Gasteiger partial charge in [0, 0.05) is 30.0 Å². The summed E-state index contributed by atoms with van der Waals surface area (Å²) >= 11 is 6.02. The first-order chi connectivity index (χ1) is 9.35. The van der Waals surface area contributed by atoms with Crippen LogP contribution in [0.3, 0.4) is 0 Å². The molecule has 0 N–H and O–H groups in total. The Labute approximate surface area is 119 Å². The number of anilines is 1. The Kier molecular flexibility index (Phi) is 3.61. The van der Waals surface area contributed by atoms with E-state index < -0.39 is 0 Å². The van der Waals surface area contributed by atoms with E-state index in [1.165, 1.54) is 23.6 Å². The molecule has 2 aromatic rings. The third-order valence-electron chi connectivity index (χ3n) is 3.72. The topological polar surface area (TPSA) is 16.1 Å². The Morgan fingerprint density at radius 3 is 2.63 bits per heavy atom. The molecule has 0 amide bonds. The van der Waals surface area contributed by atoms with E-state index in [1.54, 1.807) is 0 Å². The van der Waals surface area contributed by atoms with Crippen LogP contribution in [0.15, 0.2) is 30.5 Å². The van der Waals surface area contributed by atoms with E-state index in [9.17, 15) is 0 Å². The normalized spacial score (nSPS) is 14.8. The molecular weight excluding hydrogens is 256 g/mol. The maximum atomic E-state index is 6.02. The Morgan fingerprint density at radius 2 is 2.00 bits per heavy atom. The van der Waals surface area contributed by atoms with E-state index in [1.807, 2.05) is 6.20 Å². The molecule has 1 saturated carbocycles. The van der Waals surface area contributed by atoms with Crippen LogP contribution in [0, 0.1) is 0 Å². The minimum atomic E-state index is 0.519. The number of aromatic nitrogens is 1. The van der Waals surface area contributed by atoms with Crippen molar-refractivity contribution in [3.05, 3.63) is 36.0 Å². The molecule has 1 aliphatic rings. The molecule has 1 aromatic carbocycles. The van der Waals surface area contributed by atoms with E-state index in [2.05, 4.69) is 36.1 Å². The molecule has 1 aliphatic carbocycles. The van der Waals surface area contributed by atoms with Crippen molar-refractivity contribution in [3.8, 4) is 0 Å². The molecule has 2 nitrogen and oxygen atoms in total. The number of fused-ring (bicyclic) bond motifs is 1. The summed E-state index contributed by atoms with van der Waals surface area (Å²) in [6.07, 6.45) is 5.69. The van der Waals surface area contributed by atoms with E-state index in [4.69, 9.17) is 16.6 Å².